The number of hydrogen-bond donors (Lipinski definition) is 2. The minimum atomic E-state index is -0.572. The van der Waals surface area contributed by atoms with Crippen molar-refractivity contribution >= 4 is 45.1 Å². The fourth-order valence-corrected chi connectivity index (χ4v) is 5.52. The van der Waals surface area contributed by atoms with E-state index in [-0.39, 0.29) is 12.5 Å². The molecule has 1 aliphatic heterocycles. The number of fused-ring (bicyclic) bond motifs is 1. The number of nitrogens with zero attached hydrogens (tertiary/aromatic N) is 3. The van der Waals surface area contributed by atoms with Crippen LogP contribution < -0.4 is 20.1 Å². The lowest BCUT2D eigenvalue weighted by Gasteiger charge is -2.29. The first-order valence-electron chi connectivity index (χ1n) is 12.8. The van der Waals surface area contributed by atoms with Gasteiger partial charge in [0.1, 0.15) is 19.0 Å². The summed E-state index contributed by atoms with van der Waals surface area (Å²) in [6.45, 7) is 8.46. The molecule has 0 saturated carbocycles. The zero-order valence-electron chi connectivity index (χ0n) is 22.6. The smallest absolute Gasteiger partial charge is 0.255 e. The maximum atomic E-state index is 13.8. The van der Waals surface area contributed by atoms with Crippen LogP contribution in [-0.2, 0) is 11.4 Å². The number of ether oxygens (including phenoxy) is 2. The highest BCUT2D eigenvalue weighted by Gasteiger charge is 2.34. The average Bonchev–Trinajstić information content (AvgIpc) is 3.38. The highest BCUT2D eigenvalue weighted by atomic mass is 79.9. The Morgan fingerprint density at radius 1 is 1.12 bits per heavy atom. The summed E-state index contributed by atoms with van der Waals surface area (Å²) in [7, 11) is 0. The molecular weight excluding hydrogens is 594 g/mol. The predicted octanol–water partition coefficient (Wildman–Crippen LogP) is 7.22. The Morgan fingerprint density at radius 2 is 1.93 bits per heavy atom. The summed E-state index contributed by atoms with van der Waals surface area (Å²) in [6, 6.07) is 16.7. The van der Waals surface area contributed by atoms with E-state index in [9.17, 15) is 4.79 Å². The number of rotatable bonds is 8. The molecule has 1 unspecified atom stereocenters. The molecular formula is C30H29BrClN5O3. The number of nitrogens with one attached hydrogen (secondary N) is 2. The molecule has 1 atom stereocenters. The first-order valence-corrected chi connectivity index (χ1v) is 14.0. The normalized spacial score (nSPS) is 14.4. The molecule has 0 spiro atoms. The number of halogens is 2. The minimum absolute atomic E-state index is 0.240. The Kier molecular flexibility index (Phi) is 8.14. The first kappa shape index (κ1) is 27.7. The fourth-order valence-electron chi connectivity index (χ4n) is 4.75. The third-order valence-electron chi connectivity index (χ3n) is 6.65. The summed E-state index contributed by atoms with van der Waals surface area (Å²) < 4.78 is 14.6. The molecule has 1 aromatic heterocycles. The molecule has 0 fully saturated rings. The number of hydrogen-bond acceptors (Lipinski definition) is 6. The van der Waals surface area contributed by atoms with Crippen LogP contribution in [0.1, 0.15) is 42.1 Å². The summed E-state index contributed by atoms with van der Waals surface area (Å²) in [5.41, 5.74) is 5.68. The minimum Gasteiger partial charge on any atom is -0.490 e. The van der Waals surface area contributed by atoms with Crippen molar-refractivity contribution in [1.29, 1.82) is 0 Å². The number of carbonyl (C=O) groups is 1. The molecule has 0 bridgehead atoms. The van der Waals surface area contributed by atoms with Gasteiger partial charge >= 0.3 is 0 Å². The van der Waals surface area contributed by atoms with E-state index in [2.05, 4.69) is 36.6 Å². The van der Waals surface area contributed by atoms with Gasteiger partial charge in [-0.25, -0.2) is 4.68 Å². The van der Waals surface area contributed by atoms with Crippen LogP contribution in [0.3, 0.4) is 0 Å². The van der Waals surface area contributed by atoms with Crippen molar-refractivity contribution in [3.63, 3.8) is 0 Å². The van der Waals surface area contributed by atoms with E-state index in [1.54, 1.807) is 4.68 Å². The van der Waals surface area contributed by atoms with Gasteiger partial charge in [-0.3, -0.25) is 4.79 Å². The number of carbonyl (C=O) groups excluding carboxylic acids is 1. The zero-order valence-corrected chi connectivity index (χ0v) is 24.9. The number of aryl methyl sites for hydroxylation is 2. The topological polar surface area (TPSA) is 90.3 Å². The van der Waals surface area contributed by atoms with Gasteiger partial charge in [0.25, 0.3) is 5.91 Å². The fraction of sp³-hybridized carbons (Fsp3) is 0.233. The first-order chi connectivity index (χ1) is 19.3. The standard InChI is InChI=1S/C30H29BrClN5O3/c1-5-39-25-14-21(13-22(31)28(25)40-15-20-8-6-7-9-23(20)32)27-26(19(4)35-30-33-16-34-37(27)30)29(38)36-24-11-10-17(2)12-18(24)3/h6-14,16,27H,5,15H2,1-4H3,(H,36,38)(H,33,34,35). The van der Waals surface area contributed by atoms with Gasteiger partial charge in [0.15, 0.2) is 11.5 Å². The average molecular weight is 623 g/mol. The van der Waals surface area contributed by atoms with Gasteiger partial charge in [0.2, 0.25) is 5.95 Å². The molecule has 206 valence electrons. The molecule has 3 aromatic carbocycles. The van der Waals surface area contributed by atoms with Crippen LogP contribution >= 0.6 is 27.5 Å². The van der Waals surface area contributed by atoms with Crippen LogP contribution in [0.15, 0.2) is 76.7 Å². The lowest BCUT2D eigenvalue weighted by atomic mass is 9.94. The Bertz CT molecular complexity index is 1620. The highest BCUT2D eigenvalue weighted by Crippen LogP contribution is 2.43. The van der Waals surface area contributed by atoms with Crippen molar-refractivity contribution in [2.45, 2.75) is 40.3 Å². The zero-order chi connectivity index (χ0) is 28.4. The van der Waals surface area contributed by atoms with E-state index >= 15 is 0 Å². The SMILES string of the molecule is CCOc1cc(C2C(C(=O)Nc3ccc(C)cc3C)=C(C)Nc3ncnn32)cc(Br)c1OCc1ccccc1Cl. The van der Waals surface area contributed by atoms with Gasteiger partial charge in [0, 0.05) is 22.0 Å². The predicted molar refractivity (Wildman–Crippen MR) is 160 cm³/mol. The van der Waals surface area contributed by atoms with Crippen molar-refractivity contribution in [3.05, 3.63) is 104 Å². The van der Waals surface area contributed by atoms with Crippen molar-refractivity contribution < 1.29 is 14.3 Å². The Morgan fingerprint density at radius 3 is 2.67 bits per heavy atom. The van der Waals surface area contributed by atoms with Crippen molar-refractivity contribution in [3.8, 4) is 11.5 Å². The lowest BCUT2D eigenvalue weighted by molar-refractivity contribution is -0.113. The summed E-state index contributed by atoms with van der Waals surface area (Å²) in [5, 5.41) is 11.4. The second kappa shape index (κ2) is 11.7. The molecule has 2 N–H and O–H groups in total. The summed E-state index contributed by atoms with van der Waals surface area (Å²) in [6.07, 6.45) is 1.47. The Labute approximate surface area is 246 Å². The molecule has 8 nitrogen and oxygen atoms in total. The number of allylic oxidation sites excluding steroid dienone is 1. The number of benzene rings is 3. The maximum absolute atomic E-state index is 13.8. The van der Waals surface area contributed by atoms with E-state index < -0.39 is 6.04 Å². The molecule has 0 aliphatic carbocycles. The van der Waals surface area contributed by atoms with Crippen LogP contribution in [0.2, 0.25) is 5.02 Å². The Hall–Kier alpha value is -3.82. The van der Waals surface area contributed by atoms with Gasteiger partial charge in [-0.2, -0.15) is 10.1 Å². The van der Waals surface area contributed by atoms with Gasteiger partial charge in [-0.1, -0.05) is 47.5 Å². The summed E-state index contributed by atoms with van der Waals surface area (Å²) in [4.78, 5) is 18.2. The Balaban J connectivity index is 1.54. The van der Waals surface area contributed by atoms with Gasteiger partial charge < -0.3 is 20.1 Å². The van der Waals surface area contributed by atoms with Crippen LogP contribution in [-0.4, -0.2) is 27.3 Å². The highest BCUT2D eigenvalue weighted by molar-refractivity contribution is 9.10. The monoisotopic (exact) mass is 621 g/mol. The second-order valence-electron chi connectivity index (χ2n) is 9.51. The van der Waals surface area contributed by atoms with Crippen molar-refractivity contribution in [2.75, 3.05) is 17.2 Å². The van der Waals surface area contributed by atoms with Gasteiger partial charge in [-0.15, -0.1) is 0 Å². The number of anilines is 2. The molecule has 2 heterocycles. The molecule has 1 aliphatic rings. The van der Waals surface area contributed by atoms with Crippen LogP contribution in [0.4, 0.5) is 11.6 Å². The molecule has 5 rings (SSSR count). The third kappa shape index (κ3) is 5.57. The van der Waals surface area contributed by atoms with Gasteiger partial charge in [-0.05, 0) is 79.0 Å². The molecule has 40 heavy (non-hydrogen) atoms. The quantitative estimate of drug-likeness (QED) is 0.216. The van der Waals surface area contributed by atoms with Crippen LogP contribution in [0.5, 0.6) is 11.5 Å². The number of aromatic nitrogens is 3. The van der Waals surface area contributed by atoms with Gasteiger partial charge in [0.05, 0.1) is 16.7 Å². The summed E-state index contributed by atoms with van der Waals surface area (Å²) >= 11 is 10.0. The van der Waals surface area contributed by atoms with Crippen molar-refractivity contribution in [2.24, 2.45) is 0 Å². The largest absolute Gasteiger partial charge is 0.490 e. The molecule has 10 heteroatoms. The second-order valence-corrected chi connectivity index (χ2v) is 10.8. The van der Waals surface area contributed by atoms with E-state index in [0.29, 0.717) is 44.8 Å². The van der Waals surface area contributed by atoms with E-state index in [1.165, 1.54) is 6.33 Å². The van der Waals surface area contributed by atoms with Crippen LogP contribution in [0.25, 0.3) is 0 Å². The third-order valence-corrected chi connectivity index (χ3v) is 7.60. The van der Waals surface area contributed by atoms with E-state index in [1.807, 2.05) is 82.3 Å². The molecule has 0 saturated heterocycles. The summed E-state index contributed by atoms with van der Waals surface area (Å²) in [5.74, 6) is 1.38. The maximum Gasteiger partial charge on any atom is 0.255 e. The molecule has 1 amide bonds. The lowest BCUT2D eigenvalue weighted by Crippen LogP contribution is -2.31. The van der Waals surface area contributed by atoms with Crippen molar-refractivity contribution in [1.82, 2.24) is 14.8 Å². The van der Waals surface area contributed by atoms with E-state index in [4.69, 9.17) is 21.1 Å². The van der Waals surface area contributed by atoms with Crippen LogP contribution in [0, 0.1) is 13.8 Å². The molecule has 4 aromatic rings. The van der Waals surface area contributed by atoms with E-state index in [0.717, 1.165) is 27.9 Å². The molecule has 0 radical (unpaired) electrons. The number of amides is 1.